The van der Waals surface area contributed by atoms with E-state index in [-0.39, 0.29) is 18.2 Å². The van der Waals surface area contributed by atoms with E-state index in [0.717, 1.165) is 6.07 Å². The van der Waals surface area contributed by atoms with Crippen LogP contribution in [0.25, 0.3) is 0 Å². The highest BCUT2D eigenvalue weighted by Crippen LogP contribution is 2.26. The van der Waals surface area contributed by atoms with E-state index in [2.05, 4.69) is 20.9 Å². The van der Waals surface area contributed by atoms with E-state index in [4.69, 9.17) is 22.1 Å². The highest BCUT2D eigenvalue weighted by molar-refractivity contribution is 9.10. The van der Waals surface area contributed by atoms with Crippen molar-refractivity contribution in [3.63, 3.8) is 0 Å². The quantitative estimate of drug-likeness (QED) is 0.854. The number of nitrogens with zero attached hydrogens (tertiary/aromatic N) is 1. The summed E-state index contributed by atoms with van der Waals surface area (Å²) >= 11 is 8.94. The Morgan fingerprint density at radius 3 is 2.79 bits per heavy atom. The van der Waals surface area contributed by atoms with Crippen molar-refractivity contribution >= 4 is 33.3 Å². The minimum Gasteiger partial charge on any atom is -0.484 e. The second-order valence-corrected chi connectivity index (χ2v) is 4.98. The fraction of sp³-hybridized carbons (Fsp3) is 0.0833. The first kappa shape index (κ1) is 14.0. The molecule has 1 heterocycles. The van der Waals surface area contributed by atoms with Crippen molar-refractivity contribution in [3.05, 3.63) is 51.1 Å². The molecule has 2 N–H and O–H groups in total. The highest BCUT2D eigenvalue weighted by atomic mass is 79.9. The zero-order valence-corrected chi connectivity index (χ0v) is 11.8. The van der Waals surface area contributed by atoms with Crippen LogP contribution in [0.4, 0.5) is 14.6 Å². The van der Waals surface area contributed by atoms with Crippen LogP contribution in [0.2, 0.25) is 5.02 Å². The number of rotatable bonds is 3. The molecule has 7 heteroatoms. The van der Waals surface area contributed by atoms with Gasteiger partial charge >= 0.3 is 0 Å². The van der Waals surface area contributed by atoms with E-state index in [9.17, 15) is 8.78 Å². The van der Waals surface area contributed by atoms with Crippen LogP contribution >= 0.6 is 27.5 Å². The van der Waals surface area contributed by atoms with Gasteiger partial charge in [-0.05, 0) is 24.3 Å². The third kappa shape index (κ3) is 3.33. The Balaban J connectivity index is 2.21. The molecule has 0 spiro atoms. The standard InChI is InChI=1S/C12H8BrClF2N2O/c13-6-3-8(15)12(16)10(4-6)19-5-9-7(14)1-2-11(17)18-9/h1-4H,5H2,(H2,17,18). The third-order valence-corrected chi connectivity index (χ3v) is 3.07. The van der Waals surface area contributed by atoms with Gasteiger partial charge in [-0.1, -0.05) is 27.5 Å². The molecule has 3 nitrogen and oxygen atoms in total. The van der Waals surface area contributed by atoms with Gasteiger partial charge in [0.05, 0.1) is 10.7 Å². The van der Waals surface area contributed by atoms with Crippen molar-refractivity contribution in [3.8, 4) is 5.75 Å². The SMILES string of the molecule is Nc1ccc(Cl)c(COc2cc(Br)cc(F)c2F)n1. The number of aromatic nitrogens is 1. The van der Waals surface area contributed by atoms with Gasteiger partial charge in [0, 0.05) is 4.47 Å². The number of nitrogen functional groups attached to an aromatic ring is 1. The molecule has 0 bridgehead atoms. The fourth-order valence-corrected chi connectivity index (χ4v) is 1.95. The van der Waals surface area contributed by atoms with Crippen LogP contribution in [0.15, 0.2) is 28.7 Å². The normalized spacial score (nSPS) is 10.5. The van der Waals surface area contributed by atoms with Gasteiger partial charge in [-0.3, -0.25) is 0 Å². The van der Waals surface area contributed by atoms with Crippen LogP contribution in [0.1, 0.15) is 5.69 Å². The lowest BCUT2D eigenvalue weighted by Crippen LogP contribution is -2.03. The van der Waals surface area contributed by atoms with E-state index in [0.29, 0.717) is 15.2 Å². The maximum atomic E-state index is 13.5. The van der Waals surface area contributed by atoms with Crippen molar-refractivity contribution in [1.82, 2.24) is 4.98 Å². The summed E-state index contributed by atoms with van der Waals surface area (Å²) in [7, 11) is 0. The van der Waals surface area contributed by atoms with E-state index in [1.807, 2.05) is 0 Å². The van der Waals surface area contributed by atoms with E-state index >= 15 is 0 Å². The summed E-state index contributed by atoms with van der Waals surface area (Å²) in [6.45, 7) is -0.114. The van der Waals surface area contributed by atoms with Crippen molar-refractivity contribution < 1.29 is 13.5 Å². The Morgan fingerprint density at radius 2 is 2.05 bits per heavy atom. The topological polar surface area (TPSA) is 48.1 Å². The lowest BCUT2D eigenvalue weighted by Gasteiger charge is -2.09. The molecular formula is C12H8BrClF2N2O. The Kier molecular flexibility index (Phi) is 4.21. The van der Waals surface area contributed by atoms with Gasteiger partial charge in [0.1, 0.15) is 12.4 Å². The number of hydrogen-bond acceptors (Lipinski definition) is 3. The zero-order chi connectivity index (χ0) is 14.0. The molecular weight excluding hydrogens is 341 g/mol. The number of benzene rings is 1. The predicted molar refractivity (Wildman–Crippen MR) is 72.0 cm³/mol. The van der Waals surface area contributed by atoms with Crippen molar-refractivity contribution in [1.29, 1.82) is 0 Å². The Hall–Kier alpha value is -1.40. The predicted octanol–water partition coefficient (Wildman–Crippen LogP) is 3.94. The smallest absolute Gasteiger partial charge is 0.200 e. The maximum absolute atomic E-state index is 13.5. The zero-order valence-electron chi connectivity index (χ0n) is 9.46. The molecule has 0 atom stereocenters. The van der Waals surface area contributed by atoms with Gasteiger partial charge in [-0.2, -0.15) is 4.39 Å². The molecule has 0 unspecified atom stereocenters. The van der Waals surface area contributed by atoms with E-state index in [1.54, 1.807) is 6.07 Å². The van der Waals surface area contributed by atoms with Crippen LogP contribution in [-0.2, 0) is 6.61 Å². The van der Waals surface area contributed by atoms with Gasteiger partial charge in [0.25, 0.3) is 0 Å². The average molecular weight is 350 g/mol. The number of pyridine rings is 1. The molecule has 1 aromatic heterocycles. The van der Waals surface area contributed by atoms with Gasteiger partial charge in [0.2, 0.25) is 5.82 Å². The Morgan fingerprint density at radius 1 is 1.32 bits per heavy atom. The summed E-state index contributed by atoms with van der Waals surface area (Å²) in [4.78, 5) is 3.96. The molecule has 0 saturated carbocycles. The third-order valence-electron chi connectivity index (χ3n) is 2.26. The van der Waals surface area contributed by atoms with Crippen LogP contribution in [0.5, 0.6) is 5.75 Å². The van der Waals surface area contributed by atoms with Gasteiger partial charge in [-0.25, -0.2) is 9.37 Å². The lowest BCUT2D eigenvalue weighted by molar-refractivity contribution is 0.280. The van der Waals surface area contributed by atoms with Crippen molar-refractivity contribution in [2.24, 2.45) is 0 Å². The summed E-state index contributed by atoms with van der Waals surface area (Å²) in [5.74, 6) is -2.03. The van der Waals surface area contributed by atoms with Gasteiger partial charge in [-0.15, -0.1) is 0 Å². The molecule has 0 saturated heterocycles. The Labute approximate surface area is 121 Å². The summed E-state index contributed by atoms with van der Waals surface area (Å²) in [5, 5.41) is 0.338. The second-order valence-electron chi connectivity index (χ2n) is 3.65. The molecule has 0 amide bonds. The number of halogens is 4. The summed E-state index contributed by atoms with van der Waals surface area (Å²) in [5.41, 5.74) is 5.86. The highest BCUT2D eigenvalue weighted by Gasteiger charge is 2.12. The first-order valence-electron chi connectivity index (χ1n) is 5.15. The molecule has 2 rings (SSSR count). The minimum atomic E-state index is -1.07. The fourth-order valence-electron chi connectivity index (χ4n) is 1.39. The first-order valence-corrected chi connectivity index (χ1v) is 6.32. The number of hydrogen-bond donors (Lipinski definition) is 1. The maximum Gasteiger partial charge on any atom is 0.200 e. The van der Waals surface area contributed by atoms with E-state index in [1.165, 1.54) is 12.1 Å². The summed E-state index contributed by atoms with van der Waals surface area (Å²) in [6, 6.07) is 5.41. The molecule has 19 heavy (non-hydrogen) atoms. The first-order chi connectivity index (χ1) is 8.97. The van der Waals surface area contributed by atoms with E-state index < -0.39 is 11.6 Å². The summed E-state index contributed by atoms with van der Waals surface area (Å²) in [6.07, 6.45) is 0. The molecule has 2 aromatic rings. The molecule has 0 aliphatic carbocycles. The molecule has 0 radical (unpaired) electrons. The molecule has 0 aliphatic heterocycles. The number of ether oxygens (including phenoxy) is 1. The van der Waals surface area contributed by atoms with Crippen molar-refractivity contribution in [2.45, 2.75) is 6.61 Å². The monoisotopic (exact) mass is 348 g/mol. The number of nitrogens with two attached hydrogens (primary N) is 1. The van der Waals surface area contributed by atoms with Crippen LogP contribution in [-0.4, -0.2) is 4.98 Å². The summed E-state index contributed by atoms with van der Waals surface area (Å²) < 4.78 is 32.2. The van der Waals surface area contributed by atoms with Crippen molar-refractivity contribution in [2.75, 3.05) is 5.73 Å². The molecule has 0 fully saturated rings. The Bertz CT molecular complexity index is 625. The number of anilines is 1. The molecule has 1 aromatic carbocycles. The molecule has 0 aliphatic rings. The average Bonchev–Trinajstić information content (AvgIpc) is 2.35. The largest absolute Gasteiger partial charge is 0.484 e. The van der Waals surface area contributed by atoms with Crippen LogP contribution in [0, 0.1) is 11.6 Å². The molecule has 100 valence electrons. The minimum absolute atomic E-state index is 0.114. The second kappa shape index (κ2) is 5.71. The van der Waals surface area contributed by atoms with Crippen LogP contribution < -0.4 is 10.5 Å². The van der Waals surface area contributed by atoms with Gasteiger partial charge < -0.3 is 10.5 Å². The van der Waals surface area contributed by atoms with Gasteiger partial charge in [0.15, 0.2) is 11.6 Å². The lowest BCUT2D eigenvalue weighted by atomic mass is 10.3. The van der Waals surface area contributed by atoms with Crippen LogP contribution in [0.3, 0.4) is 0 Å².